The summed E-state index contributed by atoms with van der Waals surface area (Å²) in [5.74, 6) is -0.448. The van der Waals surface area contributed by atoms with Crippen LogP contribution in [-0.4, -0.2) is 16.8 Å². The van der Waals surface area contributed by atoms with Gasteiger partial charge in [0.25, 0.3) is 0 Å². The van der Waals surface area contributed by atoms with Crippen LogP contribution in [0.1, 0.15) is 33.3 Å². The van der Waals surface area contributed by atoms with Gasteiger partial charge >= 0.3 is 5.97 Å². The van der Waals surface area contributed by atoms with Crippen LogP contribution < -0.4 is 0 Å². The highest BCUT2D eigenvalue weighted by molar-refractivity contribution is 5.93. The number of benzene rings is 1. The Kier molecular flexibility index (Phi) is 5.50. The van der Waals surface area contributed by atoms with E-state index in [4.69, 9.17) is 4.84 Å². The van der Waals surface area contributed by atoms with E-state index in [-0.39, 0.29) is 5.78 Å². The molecule has 108 valence electrons. The molecular weight excluding hydrogens is 254 g/mol. The number of carbonyl (C=O) groups is 2. The van der Waals surface area contributed by atoms with Crippen LogP contribution in [0.25, 0.3) is 0 Å². The molecule has 0 unspecified atom stereocenters. The molecule has 4 heteroatoms. The quantitative estimate of drug-likeness (QED) is 0.612. The van der Waals surface area contributed by atoms with Gasteiger partial charge in [0.2, 0.25) is 0 Å². The number of ketones is 1. The number of allylic oxidation sites excluding steroid dienone is 1. The van der Waals surface area contributed by atoms with Gasteiger partial charge in [0.05, 0.1) is 6.54 Å². The van der Waals surface area contributed by atoms with Gasteiger partial charge in [0.15, 0.2) is 5.78 Å². The Balaban J connectivity index is 2.77. The topological polar surface area (TPSA) is 46.6 Å². The molecule has 0 radical (unpaired) electrons. The van der Waals surface area contributed by atoms with E-state index in [9.17, 15) is 9.59 Å². The molecule has 0 spiro atoms. The van der Waals surface area contributed by atoms with Crippen molar-refractivity contribution in [1.82, 2.24) is 5.06 Å². The minimum Gasteiger partial charge on any atom is -0.341 e. The first kappa shape index (κ1) is 16.0. The molecule has 4 nitrogen and oxygen atoms in total. The van der Waals surface area contributed by atoms with E-state index in [1.165, 1.54) is 24.3 Å². The molecule has 1 rings (SSSR count). The van der Waals surface area contributed by atoms with Crippen LogP contribution in [0.15, 0.2) is 42.6 Å². The minimum atomic E-state index is -0.453. The summed E-state index contributed by atoms with van der Waals surface area (Å²) in [5.41, 5.74) is 0.534. The van der Waals surface area contributed by atoms with Crippen LogP contribution >= 0.6 is 0 Å². The van der Waals surface area contributed by atoms with E-state index in [2.05, 4.69) is 0 Å². The fourth-order valence-electron chi connectivity index (χ4n) is 1.44. The summed E-state index contributed by atoms with van der Waals surface area (Å²) in [4.78, 5) is 28.0. The summed E-state index contributed by atoms with van der Waals surface area (Å²) >= 11 is 0. The normalized spacial score (nSPS) is 11.4. The fourth-order valence-corrected chi connectivity index (χ4v) is 1.44. The first-order chi connectivity index (χ1) is 9.29. The molecule has 0 aromatic heterocycles. The largest absolute Gasteiger partial charge is 0.341 e. The van der Waals surface area contributed by atoms with Crippen molar-refractivity contribution >= 4 is 11.8 Å². The average molecular weight is 275 g/mol. The summed E-state index contributed by atoms with van der Waals surface area (Å²) in [6.07, 6.45) is 2.94. The van der Waals surface area contributed by atoms with Gasteiger partial charge < -0.3 is 4.84 Å². The van der Waals surface area contributed by atoms with Gasteiger partial charge in [-0.2, -0.15) is 0 Å². The Morgan fingerprint density at radius 2 is 1.80 bits per heavy atom. The van der Waals surface area contributed by atoms with Gasteiger partial charge in [-0.3, -0.25) is 9.59 Å². The monoisotopic (exact) mass is 275 g/mol. The Bertz CT molecular complexity index is 486. The molecule has 0 fully saturated rings. The summed E-state index contributed by atoms with van der Waals surface area (Å²) in [6.45, 7) is 7.25. The van der Waals surface area contributed by atoms with Crippen LogP contribution in [0.4, 0.5) is 0 Å². The number of rotatable bonds is 5. The van der Waals surface area contributed by atoms with Crippen LogP contribution in [0, 0.1) is 5.41 Å². The highest BCUT2D eigenvalue weighted by atomic mass is 16.7. The highest BCUT2D eigenvalue weighted by Gasteiger charge is 2.18. The minimum absolute atomic E-state index is 0.0253. The Morgan fingerprint density at radius 1 is 1.20 bits per heavy atom. The standard InChI is InChI=1S/C16H21NO3/c1-13(18)20-17(11-10-15(19)16(2,3)4)12-14-8-6-5-7-9-14/h5-11H,12H2,1-4H3/b11-10-. The van der Waals surface area contributed by atoms with E-state index in [1.807, 2.05) is 51.1 Å². The number of hydroxylamine groups is 2. The first-order valence-electron chi connectivity index (χ1n) is 6.51. The molecule has 0 heterocycles. The van der Waals surface area contributed by atoms with Gasteiger partial charge in [-0.15, -0.1) is 0 Å². The molecule has 0 amide bonds. The molecule has 0 saturated carbocycles. The lowest BCUT2D eigenvalue weighted by molar-refractivity contribution is -0.177. The smallest absolute Gasteiger partial charge is 0.329 e. The SMILES string of the molecule is CC(=O)ON(/C=C\C(=O)C(C)(C)C)Cc1ccccc1. The van der Waals surface area contributed by atoms with Crippen molar-refractivity contribution in [3.05, 3.63) is 48.2 Å². The maximum absolute atomic E-state index is 11.9. The second-order valence-electron chi connectivity index (χ2n) is 5.57. The molecule has 0 aliphatic heterocycles. The van der Waals surface area contributed by atoms with Crippen molar-refractivity contribution < 1.29 is 14.4 Å². The van der Waals surface area contributed by atoms with Gasteiger partial charge in [-0.1, -0.05) is 51.1 Å². The lowest BCUT2D eigenvalue weighted by Crippen LogP contribution is -2.22. The van der Waals surface area contributed by atoms with E-state index >= 15 is 0 Å². The fraction of sp³-hybridized carbons (Fsp3) is 0.375. The van der Waals surface area contributed by atoms with Crippen LogP contribution in [0.5, 0.6) is 0 Å². The van der Waals surface area contributed by atoms with Crippen LogP contribution in [0.2, 0.25) is 0 Å². The average Bonchev–Trinajstić information content (AvgIpc) is 2.35. The van der Waals surface area contributed by atoms with Gasteiger partial charge in [-0.05, 0) is 5.56 Å². The lowest BCUT2D eigenvalue weighted by atomic mass is 9.91. The summed E-state index contributed by atoms with van der Waals surface area (Å²) in [6, 6.07) is 9.58. The van der Waals surface area contributed by atoms with E-state index in [0.717, 1.165) is 5.56 Å². The van der Waals surface area contributed by atoms with E-state index in [1.54, 1.807) is 0 Å². The predicted molar refractivity (Wildman–Crippen MR) is 77.4 cm³/mol. The highest BCUT2D eigenvalue weighted by Crippen LogP contribution is 2.15. The second kappa shape index (κ2) is 6.89. The van der Waals surface area contributed by atoms with Gasteiger partial charge in [0.1, 0.15) is 0 Å². The number of nitrogens with zero attached hydrogens (tertiary/aromatic N) is 1. The van der Waals surface area contributed by atoms with E-state index in [0.29, 0.717) is 6.54 Å². The molecule has 1 aromatic carbocycles. The third-order valence-electron chi connectivity index (χ3n) is 2.56. The Labute approximate surface area is 120 Å². The molecular formula is C16H21NO3. The Hall–Kier alpha value is -2.10. The first-order valence-corrected chi connectivity index (χ1v) is 6.51. The molecule has 0 bridgehead atoms. The lowest BCUT2D eigenvalue weighted by Gasteiger charge is -2.19. The second-order valence-corrected chi connectivity index (χ2v) is 5.57. The molecule has 0 aliphatic rings. The maximum Gasteiger partial charge on any atom is 0.329 e. The van der Waals surface area contributed by atoms with Gasteiger partial charge in [-0.25, -0.2) is 5.06 Å². The summed E-state index contributed by atoms with van der Waals surface area (Å²) in [5, 5.41) is 1.36. The Morgan fingerprint density at radius 3 is 2.30 bits per heavy atom. The predicted octanol–water partition coefficient (Wildman–Crippen LogP) is 3.10. The van der Waals surface area contributed by atoms with Crippen molar-refractivity contribution in [3.63, 3.8) is 0 Å². The zero-order chi connectivity index (χ0) is 15.2. The van der Waals surface area contributed by atoms with Gasteiger partial charge in [0, 0.05) is 24.6 Å². The molecule has 1 aromatic rings. The van der Waals surface area contributed by atoms with Crippen molar-refractivity contribution in [2.45, 2.75) is 34.2 Å². The molecule has 20 heavy (non-hydrogen) atoms. The number of hydrogen-bond donors (Lipinski definition) is 0. The molecule has 0 N–H and O–H groups in total. The zero-order valence-electron chi connectivity index (χ0n) is 12.4. The van der Waals surface area contributed by atoms with Crippen molar-refractivity contribution in [2.75, 3.05) is 0 Å². The molecule has 0 aliphatic carbocycles. The van der Waals surface area contributed by atoms with Crippen LogP contribution in [0.3, 0.4) is 0 Å². The number of hydrogen-bond acceptors (Lipinski definition) is 4. The van der Waals surface area contributed by atoms with Crippen LogP contribution in [-0.2, 0) is 21.0 Å². The number of carbonyl (C=O) groups excluding carboxylic acids is 2. The summed E-state index contributed by atoms with van der Waals surface area (Å²) in [7, 11) is 0. The van der Waals surface area contributed by atoms with Crippen molar-refractivity contribution in [1.29, 1.82) is 0 Å². The van der Waals surface area contributed by atoms with Crippen molar-refractivity contribution in [2.24, 2.45) is 5.41 Å². The van der Waals surface area contributed by atoms with Crippen molar-refractivity contribution in [3.8, 4) is 0 Å². The van der Waals surface area contributed by atoms with E-state index < -0.39 is 11.4 Å². The molecule has 0 atom stereocenters. The third-order valence-corrected chi connectivity index (χ3v) is 2.56. The summed E-state index contributed by atoms with van der Waals surface area (Å²) < 4.78 is 0. The molecule has 0 saturated heterocycles. The maximum atomic E-state index is 11.9. The third kappa shape index (κ3) is 5.69. The zero-order valence-corrected chi connectivity index (χ0v) is 12.4.